The van der Waals surface area contributed by atoms with E-state index < -0.39 is 0 Å². The van der Waals surface area contributed by atoms with Crippen LogP contribution in [0.4, 0.5) is 0 Å². The van der Waals surface area contributed by atoms with Gasteiger partial charge in [-0.3, -0.25) is 0 Å². The van der Waals surface area contributed by atoms with E-state index in [2.05, 4.69) is 61.5 Å². The number of hydrogen-bond acceptors (Lipinski definition) is 1. The van der Waals surface area contributed by atoms with Crippen molar-refractivity contribution >= 4 is 0 Å². The number of allylic oxidation sites excluding steroid dienone is 2. The van der Waals surface area contributed by atoms with E-state index in [0.29, 0.717) is 38.6 Å². The van der Waals surface area contributed by atoms with Crippen LogP contribution in [0, 0.1) is 43.8 Å². The number of ether oxygens (including phenoxy) is 1. The Labute approximate surface area is 193 Å². The Kier molecular flexibility index (Phi) is 4.51. The Morgan fingerprint density at radius 1 is 0.710 bits per heavy atom. The first-order valence-corrected chi connectivity index (χ1v) is 13.5. The molecule has 0 spiro atoms. The van der Waals surface area contributed by atoms with Gasteiger partial charge in [-0.15, -0.1) is 0 Å². The second kappa shape index (κ2) is 6.22. The van der Waals surface area contributed by atoms with Gasteiger partial charge < -0.3 is 4.74 Å². The van der Waals surface area contributed by atoms with E-state index in [1.807, 2.05) is 12.7 Å². The van der Waals surface area contributed by atoms with Crippen molar-refractivity contribution in [1.29, 1.82) is 0 Å². The van der Waals surface area contributed by atoms with Crippen LogP contribution in [0.5, 0.6) is 0 Å². The fraction of sp³-hybridized carbons (Fsp3) is 0.933. The molecule has 0 saturated heterocycles. The van der Waals surface area contributed by atoms with Crippen LogP contribution in [0.2, 0.25) is 0 Å². The molecule has 0 aliphatic heterocycles. The van der Waals surface area contributed by atoms with Crippen molar-refractivity contribution < 1.29 is 4.74 Å². The molecule has 5 aliphatic rings. The van der Waals surface area contributed by atoms with Gasteiger partial charge in [0.25, 0.3) is 0 Å². The van der Waals surface area contributed by atoms with Crippen molar-refractivity contribution in [3.05, 3.63) is 11.6 Å². The lowest BCUT2D eigenvalue weighted by molar-refractivity contribution is -0.290. The molecule has 0 radical (unpaired) electrons. The maximum atomic E-state index is 6.11. The molecule has 0 amide bonds. The normalized spacial score (nSPS) is 57.9. The van der Waals surface area contributed by atoms with Crippen LogP contribution in [0.3, 0.4) is 0 Å². The smallest absolute Gasteiger partial charge is 0.0627 e. The van der Waals surface area contributed by atoms with Crippen molar-refractivity contribution in [3.63, 3.8) is 0 Å². The zero-order valence-corrected chi connectivity index (χ0v) is 22.2. The molecule has 4 saturated carbocycles. The molecule has 31 heavy (non-hydrogen) atoms. The van der Waals surface area contributed by atoms with Crippen molar-refractivity contribution in [2.45, 2.75) is 126 Å². The summed E-state index contributed by atoms with van der Waals surface area (Å²) in [7, 11) is 1.95. The quantitative estimate of drug-likeness (QED) is 0.381. The lowest BCUT2D eigenvalue weighted by atomic mass is 9.26. The van der Waals surface area contributed by atoms with Crippen LogP contribution < -0.4 is 0 Å². The molecule has 0 heterocycles. The summed E-state index contributed by atoms with van der Waals surface area (Å²) in [5.74, 6) is 0.856. The predicted molar refractivity (Wildman–Crippen MR) is 131 cm³/mol. The Morgan fingerprint density at radius 2 is 1.39 bits per heavy atom. The van der Waals surface area contributed by atoms with Gasteiger partial charge in [0, 0.05) is 7.11 Å². The molecule has 5 rings (SSSR count). The van der Waals surface area contributed by atoms with Gasteiger partial charge in [0.15, 0.2) is 0 Å². The summed E-state index contributed by atoms with van der Waals surface area (Å²) in [6, 6.07) is 0. The first-order chi connectivity index (χ1) is 14.3. The molecule has 0 N–H and O–H groups in total. The van der Waals surface area contributed by atoms with E-state index in [9.17, 15) is 0 Å². The van der Waals surface area contributed by atoms with E-state index in [1.165, 1.54) is 64.2 Å². The van der Waals surface area contributed by atoms with E-state index in [4.69, 9.17) is 4.74 Å². The zero-order valence-electron chi connectivity index (χ0n) is 22.2. The van der Waals surface area contributed by atoms with Crippen molar-refractivity contribution in [2.75, 3.05) is 7.11 Å². The third-order valence-corrected chi connectivity index (χ3v) is 14.4. The molecule has 4 fully saturated rings. The molecule has 0 aromatic carbocycles. The highest BCUT2D eigenvalue weighted by molar-refractivity contribution is 5.36. The van der Waals surface area contributed by atoms with E-state index >= 15 is 0 Å². The summed E-state index contributed by atoms with van der Waals surface area (Å²) in [6.07, 6.45) is 17.0. The van der Waals surface area contributed by atoms with Crippen molar-refractivity contribution in [1.82, 2.24) is 0 Å². The Bertz CT molecular complexity index is 809. The number of methoxy groups -OCH3 is 1. The average molecular weight is 427 g/mol. The third kappa shape index (κ3) is 2.20. The van der Waals surface area contributed by atoms with Crippen molar-refractivity contribution in [3.8, 4) is 0 Å². The molecule has 8 atom stereocenters. The van der Waals surface area contributed by atoms with Gasteiger partial charge in [0.2, 0.25) is 0 Å². The van der Waals surface area contributed by atoms with Crippen LogP contribution in [-0.4, -0.2) is 13.2 Å². The first-order valence-electron chi connectivity index (χ1n) is 13.5. The summed E-state index contributed by atoms with van der Waals surface area (Å²) >= 11 is 0. The summed E-state index contributed by atoms with van der Waals surface area (Å²) in [6.45, 7) is 21.2. The van der Waals surface area contributed by atoms with Gasteiger partial charge >= 0.3 is 0 Å². The standard InChI is InChI=1S/C30H50O/c1-24(2)23(31-9)13-16-29(7)27(24,5)19-20-28(6)26(4)18-17-25(3)14-10-11-21(25)22(26)12-15-30(28,29)8/h12,21,23H,10-11,13-20H2,1-9H3/t21?,23?,25-,26-,27+,28+,29+,30+/m1/s1. The molecule has 0 aromatic heterocycles. The predicted octanol–water partition coefficient (Wildman–Crippen LogP) is 8.58. The monoisotopic (exact) mass is 426 g/mol. The maximum absolute atomic E-state index is 6.11. The minimum atomic E-state index is 0.209. The summed E-state index contributed by atoms with van der Waals surface area (Å²) in [5, 5.41) is 0. The highest BCUT2D eigenvalue weighted by Gasteiger charge is 2.75. The zero-order chi connectivity index (χ0) is 22.7. The molecular formula is C30H50O. The Hall–Kier alpha value is -0.300. The Morgan fingerprint density at radius 3 is 2.06 bits per heavy atom. The minimum absolute atomic E-state index is 0.209. The lowest BCUT2D eigenvalue weighted by Gasteiger charge is -2.78. The highest BCUT2D eigenvalue weighted by atomic mass is 16.5. The van der Waals surface area contributed by atoms with Crippen LogP contribution in [0.15, 0.2) is 11.6 Å². The van der Waals surface area contributed by atoms with E-state index in [0.717, 1.165) is 5.92 Å². The summed E-state index contributed by atoms with van der Waals surface area (Å²) in [4.78, 5) is 0. The molecule has 2 unspecified atom stereocenters. The van der Waals surface area contributed by atoms with Crippen LogP contribution in [0.25, 0.3) is 0 Å². The molecule has 0 aromatic rings. The molecular weight excluding hydrogens is 376 g/mol. The number of fused-ring (bicyclic) bond motifs is 7. The van der Waals surface area contributed by atoms with Gasteiger partial charge in [0.05, 0.1) is 6.10 Å². The summed E-state index contributed by atoms with van der Waals surface area (Å²) in [5.41, 5.74) is 4.45. The largest absolute Gasteiger partial charge is 0.381 e. The maximum Gasteiger partial charge on any atom is 0.0627 e. The van der Waals surface area contributed by atoms with Crippen LogP contribution in [0.1, 0.15) is 120 Å². The van der Waals surface area contributed by atoms with Crippen LogP contribution in [-0.2, 0) is 4.74 Å². The van der Waals surface area contributed by atoms with E-state index in [-0.39, 0.29) is 5.41 Å². The second-order valence-electron chi connectivity index (χ2n) is 14.6. The molecule has 1 nitrogen and oxygen atoms in total. The Balaban J connectivity index is 1.66. The van der Waals surface area contributed by atoms with Gasteiger partial charge in [0.1, 0.15) is 0 Å². The van der Waals surface area contributed by atoms with E-state index in [1.54, 1.807) is 0 Å². The highest BCUT2D eigenvalue weighted by Crippen LogP contribution is 2.82. The molecule has 5 aliphatic carbocycles. The molecule has 1 heteroatoms. The number of hydrogen-bond donors (Lipinski definition) is 0. The average Bonchev–Trinajstić information content (AvgIpc) is 3.10. The SMILES string of the molecule is COC1CC[C@]2(C)[C@@]3(C)CC=C4C5CCC[C@]5(C)CC[C@@]4(C)[C@]3(C)CC[C@@]2(C)C1(C)C. The molecule has 0 bridgehead atoms. The van der Waals surface area contributed by atoms with Gasteiger partial charge in [-0.25, -0.2) is 0 Å². The fourth-order valence-electron chi connectivity index (χ4n) is 11.1. The minimum Gasteiger partial charge on any atom is -0.381 e. The number of rotatable bonds is 1. The third-order valence-electron chi connectivity index (χ3n) is 14.4. The van der Waals surface area contributed by atoms with Gasteiger partial charge in [-0.2, -0.15) is 0 Å². The van der Waals surface area contributed by atoms with Crippen LogP contribution >= 0.6 is 0 Å². The summed E-state index contributed by atoms with van der Waals surface area (Å²) < 4.78 is 6.11. The first kappa shape index (κ1) is 22.5. The fourth-order valence-corrected chi connectivity index (χ4v) is 11.1. The van der Waals surface area contributed by atoms with Gasteiger partial charge in [-0.05, 0) is 102 Å². The second-order valence-corrected chi connectivity index (χ2v) is 14.6. The van der Waals surface area contributed by atoms with Crippen molar-refractivity contribution in [2.24, 2.45) is 43.8 Å². The van der Waals surface area contributed by atoms with Gasteiger partial charge in [-0.1, -0.05) is 73.5 Å². The lowest BCUT2D eigenvalue weighted by Crippen LogP contribution is -2.72. The topological polar surface area (TPSA) is 9.23 Å². The molecule has 176 valence electrons.